The van der Waals surface area contributed by atoms with E-state index in [1.165, 1.54) is 6.20 Å². The van der Waals surface area contributed by atoms with Crippen molar-refractivity contribution < 1.29 is 18.0 Å². The number of hydrogen-bond acceptors (Lipinski definition) is 8. The lowest BCUT2D eigenvalue weighted by molar-refractivity contribution is -0.137. The van der Waals surface area contributed by atoms with E-state index < -0.39 is 17.5 Å². The molecule has 0 aromatic carbocycles. The van der Waals surface area contributed by atoms with E-state index in [1.54, 1.807) is 30.1 Å². The summed E-state index contributed by atoms with van der Waals surface area (Å²) < 4.78 is 40.7. The Balaban J connectivity index is 1.35. The first kappa shape index (κ1) is 26.4. The fourth-order valence-corrected chi connectivity index (χ4v) is 4.49. The molecule has 0 N–H and O–H groups in total. The largest absolute Gasteiger partial charge is 0.416 e. The molecule has 5 rings (SSSR count). The maximum absolute atomic E-state index is 13.0. The summed E-state index contributed by atoms with van der Waals surface area (Å²) in [5.74, 6) is -0.542. The number of ketones is 1. The van der Waals surface area contributed by atoms with E-state index in [1.807, 2.05) is 6.20 Å². The third kappa shape index (κ3) is 6.11. The van der Waals surface area contributed by atoms with Gasteiger partial charge in [-0.2, -0.15) is 13.2 Å². The van der Waals surface area contributed by atoms with Crippen molar-refractivity contribution in [3.63, 3.8) is 0 Å². The quantitative estimate of drug-likeness (QED) is 0.342. The Hall–Kier alpha value is -4.19. The molecule has 0 radical (unpaired) electrons. The van der Waals surface area contributed by atoms with Gasteiger partial charge >= 0.3 is 6.18 Å². The second-order valence-electron chi connectivity index (χ2n) is 9.60. The second kappa shape index (κ2) is 10.9. The van der Waals surface area contributed by atoms with Gasteiger partial charge in [-0.15, -0.1) is 5.10 Å². The lowest BCUT2D eigenvalue weighted by Gasteiger charge is -2.22. The van der Waals surface area contributed by atoms with Gasteiger partial charge in [-0.25, -0.2) is 4.68 Å². The highest BCUT2D eigenvalue weighted by atomic mass is 19.4. The molecule has 202 valence electrons. The van der Waals surface area contributed by atoms with Crippen molar-refractivity contribution in [2.75, 3.05) is 38.1 Å². The Morgan fingerprint density at radius 3 is 2.69 bits per heavy atom. The number of carbonyl (C=O) groups is 1. The molecule has 1 aliphatic heterocycles. The third-order valence-corrected chi connectivity index (χ3v) is 6.70. The standard InChI is InChI=1S/C27H27F3N8O/c1-18-25(10-19(14-33-18)11-26(39)23-13-21(4-5-32-23)27(28,29)30)38-17-24(34-35-38)20-12-22(16-31-15-20)37-7-3-6-36(2)8-9-37/h4-5,10,12-17H,3,6-9,11H2,1-2H3. The van der Waals surface area contributed by atoms with Gasteiger partial charge < -0.3 is 9.80 Å². The van der Waals surface area contributed by atoms with Crippen molar-refractivity contribution in [2.24, 2.45) is 0 Å². The van der Waals surface area contributed by atoms with E-state index in [4.69, 9.17) is 0 Å². The van der Waals surface area contributed by atoms with Gasteiger partial charge in [0.2, 0.25) is 0 Å². The van der Waals surface area contributed by atoms with Gasteiger partial charge in [0.25, 0.3) is 0 Å². The molecular weight excluding hydrogens is 509 g/mol. The van der Waals surface area contributed by atoms with Crippen LogP contribution in [0.25, 0.3) is 16.9 Å². The first-order valence-electron chi connectivity index (χ1n) is 12.5. The predicted octanol–water partition coefficient (Wildman–Crippen LogP) is 4.01. The lowest BCUT2D eigenvalue weighted by Crippen LogP contribution is -2.28. The number of pyridine rings is 3. The Labute approximate surface area is 223 Å². The van der Waals surface area contributed by atoms with Crippen molar-refractivity contribution in [3.8, 4) is 16.9 Å². The van der Waals surface area contributed by atoms with Crippen LogP contribution in [0.4, 0.5) is 18.9 Å². The third-order valence-electron chi connectivity index (χ3n) is 6.70. The van der Waals surface area contributed by atoms with Gasteiger partial charge in [0.1, 0.15) is 11.4 Å². The monoisotopic (exact) mass is 536 g/mol. The minimum Gasteiger partial charge on any atom is -0.369 e. The minimum absolute atomic E-state index is 0.160. The number of halogens is 3. The minimum atomic E-state index is -4.56. The Bertz CT molecular complexity index is 1490. The summed E-state index contributed by atoms with van der Waals surface area (Å²) in [5.41, 5.74) is 3.09. The van der Waals surface area contributed by atoms with Crippen molar-refractivity contribution in [2.45, 2.75) is 25.9 Å². The molecule has 0 amide bonds. The van der Waals surface area contributed by atoms with Crippen LogP contribution >= 0.6 is 0 Å². The van der Waals surface area contributed by atoms with E-state index in [-0.39, 0.29) is 12.1 Å². The summed E-state index contributed by atoms with van der Waals surface area (Å²) in [5, 5.41) is 8.59. The van der Waals surface area contributed by atoms with Gasteiger partial charge in [-0.05, 0) is 56.8 Å². The maximum atomic E-state index is 13.0. The molecule has 0 unspecified atom stereocenters. The van der Waals surface area contributed by atoms with Crippen LogP contribution in [0.3, 0.4) is 0 Å². The molecule has 0 spiro atoms. The summed E-state index contributed by atoms with van der Waals surface area (Å²) >= 11 is 0. The van der Waals surface area contributed by atoms with Crippen molar-refractivity contribution in [3.05, 3.63) is 77.8 Å². The molecule has 0 aliphatic carbocycles. The smallest absolute Gasteiger partial charge is 0.369 e. The van der Waals surface area contributed by atoms with Crippen molar-refractivity contribution >= 4 is 11.5 Å². The van der Waals surface area contributed by atoms with Crippen LogP contribution in [0.5, 0.6) is 0 Å². The summed E-state index contributed by atoms with van der Waals surface area (Å²) in [7, 11) is 2.13. The fourth-order valence-electron chi connectivity index (χ4n) is 4.49. The maximum Gasteiger partial charge on any atom is 0.416 e. The van der Waals surface area contributed by atoms with E-state index in [0.717, 1.165) is 62.2 Å². The van der Waals surface area contributed by atoms with Gasteiger partial charge in [0, 0.05) is 50.2 Å². The highest BCUT2D eigenvalue weighted by Crippen LogP contribution is 2.29. The number of rotatable bonds is 6. The molecule has 1 saturated heterocycles. The predicted molar refractivity (Wildman–Crippen MR) is 139 cm³/mol. The van der Waals surface area contributed by atoms with Gasteiger partial charge in [0.15, 0.2) is 5.78 Å². The number of aromatic nitrogens is 6. The number of carbonyl (C=O) groups excluding carboxylic acids is 1. The van der Waals surface area contributed by atoms with Gasteiger partial charge in [-0.3, -0.25) is 19.7 Å². The van der Waals surface area contributed by atoms with Gasteiger partial charge in [-0.1, -0.05) is 5.21 Å². The SMILES string of the molecule is Cc1ncc(CC(=O)c2cc(C(F)(F)F)ccn2)cc1-n1cc(-c2cncc(N3CCCN(C)CC3)c2)nn1. The molecule has 12 heteroatoms. The summed E-state index contributed by atoms with van der Waals surface area (Å²) in [6.07, 6.45) is 4.23. The number of nitrogens with zero attached hydrogens (tertiary/aromatic N) is 8. The number of alkyl halides is 3. The van der Waals surface area contributed by atoms with Crippen LogP contribution in [-0.4, -0.2) is 73.9 Å². The van der Waals surface area contributed by atoms with Crippen molar-refractivity contribution in [1.82, 2.24) is 34.8 Å². The van der Waals surface area contributed by atoms with Crippen LogP contribution in [0.2, 0.25) is 0 Å². The van der Waals surface area contributed by atoms with Crippen LogP contribution < -0.4 is 4.90 Å². The summed E-state index contributed by atoms with van der Waals surface area (Å²) in [4.78, 5) is 30.0. The number of Topliss-reactive ketones (excluding diaryl/α,β-unsaturated/α-hetero) is 1. The molecular formula is C27H27F3N8O. The Morgan fingerprint density at radius 1 is 1.03 bits per heavy atom. The van der Waals surface area contributed by atoms with Crippen LogP contribution in [0.15, 0.2) is 55.2 Å². The van der Waals surface area contributed by atoms with Crippen LogP contribution in [0, 0.1) is 6.92 Å². The average Bonchev–Trinajstić information content (AvgIpc) is 3.31. The number of likely N-dealkylation sites (N-methyl/N-ethyl adjacent to an activating group) is 1. The number of anilines is 1. The van der Waals surface area contributed by atoms with E-state index in [9.17, 15) is 18.0 Å². The Kier molecular flexibility index (Phi) is 7.38. The number of hydrogen-bond donors (Lipinski definition) is 0. The zero-order valence-electron chi connectivity index (χ0n) is 21.6. The zero-order chi connectivity index (χ0) is 27.6. The fraction of sp³-hybridized carbons (Fsp3) is 0.333. The first-order valence-corrected chi connectivity index (χ1v) is 12.5. The molecule has 0 atom stereocenters. The number of aryl methyl sites for hydroxylation is 1. The molecule has 4 aromatic heterocycles. The molecule has 1 aliphatic rings. The summed E-state index contributed by atoms with van der Waals surface area (Å²) in [6.45, 7) is 5.71. The van der Waals surface area contributed by atoms with Gasteiger partial charge in [0.05, 0.1) is 35.0 Å². The molecule has 0 bridgehead atoms. The summed E-state index contributed by atoms with van der Waals surface area (Å²) in [6, 6.07) is 5.38. The zero-order valence-corrected chi connectivity index (χ0v) is 21.6. The molecule has 9 nitrogen and oxygen atoms in total. The first-order chi connectivity index (χ1) is 18.7. The van der Waals surface area contributed by atoms with E-state index >= 15 is 0 Å². The topological polar surface area (TPSA) is 92.9 Å². The van der Waals surface area contributed by atoms with Crippen LogP contribution in [-0.2, 0) is 12.6 Å². The average molecular weight is 537 g/mol. The molecule has 0 saturated carbocycles. The molecule has 39 heavy (non-hydrogen) atoms. The second-order valence-corrected chi connectivity index (χ2v) is 9.60. The van der Waals surface area contributed by atoms with Crippen LogP contribution in [0.1, 0.15) is 33.7 Å². The molecule has 5 heterocycles. The lowest BCUT2D eigenvalue weighted by atomic mass is 10.1. The molecule has 1 fully saturated rings. The van der Waals surface area contributed by atoms with E-state index in [2.05, 4.69) is 48.2 Å². The van der Waals surface area contributed by atoms with Crippen molar-refractivity contribution in [1.29, 1.82) is 0 Å². The highest BCUT2D eigenvalue weighted by molar-refractivity contribution is 5.95. The molecule has 4 aromatic rings. The Morgan fingerprint density at radius 2 is 1.87 bits per heavy atom. The normalized spacial score (nSPS) is 14.8. The highest BCUT2D eigenvalue weighted by Gasteiger charge is 2.31. The van der Waals surface area contributed by atoms with E-state index in [0.29, 0.717) is 22.6 Å².